The number of Topliss-reactive ketones (excluding diaryl/α,β-unsaturated/α-hetero) is 1. The zero-order valence-electron chi connectivity index (χ0n) is 10.6. The van der Waals surface area contributed by atoms with Gasteiger partial charge in [-0.05, 0) is 43.4 Å². The molecule has 1 aromatic carbocycles. The molecule has 102 valence electrons. The lowest BCUT2D eigenvalue weighted by molar-refractivity contribution is -0.119. The van der Waals surface area contributed by atoms with Crippen LogP contribution in [0.25, 0.3) is 0 Å². The fourth-order valence-corrected chi connectivity index (χ4v) is 3.33. The van der Waals surface area contributed by atoms with Crippen molar-refractivity contribution in [1.29, 1.82) is 0 Å². The van der Waals surface area contributed by atoms with Gasteiger partial charge < -0.3 is 0 Å². The van der Waals surface area contributed by atoms with Crippen molar-refractivity contribution in [3.63, 3.8) is 0 Å². The Morgan fingerprint density at radius 2 is 1.74 bits per heavy atom. The largest absolute Gasteiger partial charge is 0.299 e. The quantitative estimate of drug-likeness (QED) is 0.861. The zero-order chi connectivity index (χ0) is 13.5. The molecule has 4 nitrogen and oxygen atoms in total. The minimum atomic E-state index is -3.38. The van der Waals surface area contributed by atoms with Gasteiger partial charge >= 0.3 is 0 Å². The molecule has 2 aliphatic rings. The molecule has 2 aliphatic carbocycles. The van der Waals surface area contributed by atoms with Crippen molar-refractivity contribution in [2.24, 2.45) is 5.92 Å². The van der Waals surface area contributed by atoms with Crippen LogP contribution in [0.4, 0.5) is 0 Å². The van der Waals surface area contributed by atoms with Crippen LogP contribution >= 0.6 is 0 Å². The molecule has 0 radical (unpaired) electrons. The normalized spacial score (nSPS) is 19.4. The van der Waals surface area contributed by atoms with Gasteiger partial charge in [-0.2, -0.15) is 0 Å². The van der Waals surface area contributed by atoms with E-state index in [9.17, 15) is 13.2 Å². The molecule has 0 heterocycles. The summed E-state index contributed by atoms with van der Waals surface area (Å²) in [6.45, 7) is 0. The number of sulfonamides is 1. The molecule has 1 aromatic rings. The summed E-state index contributed by atoms with van der Waals surface area (Å²) in [5.74, 6) is 0.520. The summed E-state index contributed by atoms with van der Waals surface area (Å²) in [6.07, 6.45) is 4.29. The van der Waals surface area contributed by atoms with Crippen LogP contribution in [0.5, 0.6) is 0 Å². The van der Waals surface area contributed by atoms with Gasteiger partial charge in [0.15, 0.2) is 0 Å². The molecule has 0 bridgehead atoms. The van der Waals surface area contributed by atoms with Crippen molar-refractivity contribution in [1.82, 2.24) is 4.72 Å². The average Bonchev–Trinajstić information content (AvgIpc) is 3.23. The maximum absolute atomic E-state index is 12.0. The Hall–Kier alpha value is -1.20. The van der Waals surface area contributed by atoms with Gasteiger partial charge in [-0.25, -0.2) is 13.1 Å². The molecule has 0 saturated heterocycles. The van der Waals surface area contributed by atoms with Crippen LogP contribution in [0.2, 0.25) is 0 Å². The van der Waals surface area contributed by atoms with Gasteiger partial charge in [0.25, 0.3) is 0 Å². The molecular weight excluding hydrogens is 262 g/mol. The summed E-state index contributed by atoms with van der Waals surface area (Å²) in [6, 6.07) is 6.75. The molecule has 0 unspecified atom stereocenters. The molecule has 19 heavy (non-hydrogen) atoms. The van der Waals surface area contributed by atoms with Gasteiger partial charge in [-0.15, -0.1) is 0 Å². The van der Waals surface area contributed by atoms with E-state index in [-0.39, 0.29) is 22.6 Å². The summed E-state index contributed by atoms with van der Waals surface area (Å²) in [4.78, 5) is 12.0. The molecule has 1 N–H and O–H groups in total. The molecule has 5 heteroatoms. The zero-order valence-corrected chi connectivity index (χ0v) is 11.4. The van der Waals surface area contributed by atoms with E-state index >= 15 is 0 Å². The van der Waals surface area contributed by atoms with Crippen LogP contribution in [0.3, 0.4) is 0 Å². The summed E-state index contributed by atoms with van der Waals surface area (Å²) in [7, 11) is -3.38. The first kappa shape index (κ1) is 12.8. The molecule has 0 spiro atoms. The van der Waals surface area contributed by atoms with Crippen LogP contribution in [0, 0.1) is 5.92 Å². The Bertz CT molecular complexity index is 584. The lowest BCUT2D eigenvalue weighted by atomic mass is 10.1. The highest BCUT2D eigenvalue weighted by Crippen LogP contribution is 2.31. The Kier molecular flexibility index (Phi) is 3.19. The lowest BCUT2D eigenvalue weighted by Gasteiger charge is -2.06. The van der Waals surface area contributed by atoms with Gasteiger partial charge in [-0.1, -0.05) is 12.1 Å². The summed E-state index contributed by atoms with van der Waals surface area (Å²) >= 11 is 0. The van der Waals surface area contributed by atoms with Crippen LogP contribution in [0.1, 0.15) is 31.2 Å². The van der Waals surface area contributed by atoms with Crippen LogP contribution in [0.15, 0.2) is 29.2 Å². The topological polar surface area (TPSA) is 63.2 Å². The van der Waals surface area contributed by atoms with Crippen molar-refractivity contribution in [3.8, 4) is 0 Å². The fourth-order valence-electron chi connectivity index (χ4n) is 2.03. The Labute approximate surface area is 113 Å². The van der Waals surface area contributed by atoms with Gasteiger partial charge in [0, 0.05) is 18.4 Å². The third-order valence-electron chi connectivity index (χ3n) is 3.54. The lowest BCUT2D eigenvalue weighted by Crippen LogP contribution is -2.25. The molecule has 3 rings (SSSR count). The van der Waals surface area contributed by atoms with Crippen molar-refractivity contribution in [3.05, 3.63) is 29.8 Å². The van der Waals surface area contributed by atoms with E-state index in [1.807, 2.05) is 0 Å². The number of carbonyl (C=O) groups is 1. The van der Waals surface area contributed by atoms with E-state index in [0.29, 0.717) is 6.42 Å². The monoisotopic (exact) mass is 279 g/mol. The number of hydrogen-bond donors (Lipinski definition) is 1. The molecule has 0 amide bonds. The molecular formula is C14H17NO3S. The predicted octanol–water partition coefficient (Wildman–Crippen LogP) is 1.65. The number of nitrogens with one attached hydrogen (secondary N) is 1. The van der Waals surface area contributed by atoms with E-state index in [2.05, 4.69) is 4.72 Å². The van der Waals surface area contributed by atoms with Crippen LogP contribution in [-0.2, 0) is 21.2 Å². The molecule has 0 atom stereocenters. The van der Waals surface area contributed by atoms with Gasteiger partial charge in [0.05, 0.1) is 4.90 Å². The second kappa shape index (κ2) is 4.72. The second-order valence-corrected chi connectivity index (χ2v) is 7.17. The first-order valence-corrected chi connectivity index (χ1v) is 8.17. The maximum Gasteiger partial charge on any atom is 0.240 e. The van der Waals surface area contributed by atoms with Gasteiger partial charge in [0.1, 0.15) is 5.78 Å². The first-order valence-electron chi connectivity index (χ1n) is 6.68. The molecule has 2 saturated carbocycles. The van der Waals surface area contributed by atoms with E-state index in [0.717, 1.165) is 31.2 Å². The first-order chi connectivity index (χ1) is 9.04. The van der Waals surface area contributed by atoms with E-state index in [1.165, 1.54) is 0 Å². The Morgan fingerprint density at radius 3 is 2.26 bits per heavy atom. The number of ketones is 1. The third kappa shape index (κ3) is 3.22. The maximum atomic E-state index is 12.0. The minimum absolute atomic E-state index is 0.112. The van der Waals surface area contributed by atoms with Gasteiger partial charge in [0.2, 0.25) is 10.0 Å². The van der Waals surface area contributed by atoms with E-state index < -0.39 is 10.0 Å². The van der Waals surface area contributed by atoms with E-state index in [4.69, 9.17) is 0 Å². The SMILES string of the molecule is O=C(Cc1ccc(S(=O)(=O)NC2CC2)cc1)C1CC1. The summed E-state index contributed by atoms with van der Waals surface area (Å²) in [5.41, 5.74) is 0.891. The number of carbonyl (C=O) groups excluding carboxylic acids is 1. The van der Waals surface area contributed by atoms with E-state index in [1.54, 1.807) is 24.3 Å². The van der Waals surface area contributed by atoms with Crippen molar-refractivity contribution in [2.45, 2.75) is 43.0 Å². The number of rotatable bonds is 6. The summed E-state index contributed by atoms with van der Waals surface area (Å²) in [5, 5.41) is 0. The highest BCUT2D eigenvalue weighted by atomic mass is 32.2. The van der Waals surface area contributed by atoms with Crippen molar-refractivity contribution >= 4 is 15.8 Å². The fraction of sp³-hybridized carbons (Fsp3) is 0.500. The average molecular weight is 279 g/mol. The molecule has 0 aliphatic heterocycles. The van der Waals surface area contributed by atoms with Crippen molar-refractivity contribution in [2.75, 3.05) is 0 Å². The van der Waals surface area contributed by atoms with Crippen molar-refractivity contribution < 1.29 is 13.2 Å². The smallest absolute Gasteiger partial charge is 0.240 e. The number of benzene rings is 1. The predicted molar refractivity (Wildman–Crippen MR) is 71.2 cm³/mol. The second-order valence-electron chi connectivity index (χ2n) is 5.46. The standard InChI is InChI=1S/C14H17NO3S/c16-14(11-3-4-11)9-10-1-7-13(8-2-10)19(17,18)15-12-5-6-12/h1-2,7-8,11-12,15H,3-6,9H2. The molecule has 0 aromatic heterocycles. The molecule has 2 fully saturated rings. The Balaban J connectivity index is 1.68. The summed E-state index contributed by atoms with van der Waals surface area (Å²) < 4.78 is 26.6. The van der Waals surface area contributed by atoms with Crippen LogP contribution in [-0.4, -0.2) is 20.2 Å². The number of hydrogen-bond acceptors (Lipinski definition) is 3. The van der Waals surface area contributed by atoms with Gasteiger partial charge in [-0.3, -0.25) is 4.79 Å². The van der Waals surface area contributed by atoms with Crippen LogP contribution < -0.4 is 4.72 Å². The third-order valence-corrected chi connectivity index (χ3v) is 5.08. The minimum Gasteiger partial charge on any atom is -0.299 e. The Morgan fingerprint density at radius 1 is 1.11 bits per heavy atom. The highest BCUT2D eigenvalue weighted by molar-refractivity contribution is 7.89. The highest BCUT2D eigenvalue weighted by Gasteiger charge is 2.30.